The number of amides is 1. The van der Waals surface area contributed by atoms with Gasteiger partial charge < -0.3 is 10.1 Å². The van der Waals surface area contributed by atoms with Gasteiger partial charge >= 0.3 is 5.97 Å². The number of anilines is 1. The van der Waals surface area contributed by atoms with Crippen molar-refractivity contribution in [3.8, 4) is 0 Å². The number of rotatable bonds is 10. The standard InChI is InChI=1S/C26H24Cl2N2O5S/c1-3-15-30(22-12-10-21(27)11-13-22)36(33,34)24-16-20(9-14-23(24)28)26(32)35-17-25(31)29-18(2)19-7-5-4-6-8-19/h3-14,16,18H,1,15,17H2,2H3,(H,29,31). The minimum atomic E-state index is -4.19. The summed E-state index contributed by atoms with van der Waals surface area (Å²) in [6.45, 7) is 4.85. The first-order valence-corrected chi connectivity index (χ1v) is 13.0. The SMILES string of the molecule is C=CCN(c1ccc(Cl)cc1)S(=O)(=O)c1cc(C(=O)OCC(=O)NC(C)c2ccccc2)ccc1Cl. The van der Waals surface area contributed by atoms with Crippen molar-refractivity contribution in [2.45, 2.75) is 17.9 Å². The molecular weight excluding hydrogens is 523 g/mol. The number of hydrogen-bond donors (Lipinski definition) is 1. The molecule has 0 fully saturated rings. The second kappa shape index (κ2) is 12.1. The smallest absolute Gasteiger partial charge is 0.338 e. The molecule has 0 aliphatic carbocycles. The number of nitrogens with zero attached hydrogens (tertiary/aromatic N) is 1. The predicted octanol–water partition coefficient (Wildman–Crippen LogP) is 5.41. The number of carbonyl (C=O) groups is 2. The summed E-state index contributed by atoms with van der Waals surface area (Å²) in [6.07, 6.45) is 1.42. The van der Waals surface area contributed by atoms with Gasteiger partial charge in [-0.3, -0.25) is 9.10 Å². The van der Waals surface area contributed by atoms with E-state index in [2.05, 4.69) is 11.9 Å². The van der Waals surface area contributed by atoms with Crippen LogP contribution in [-0.4, -0.2) is 33.4 Å². The molecule has 3 rings (SSSR count). The first-order chi connectivity index (χ1) is 17.1. The number of hydrogen-bond acceptors (Lipinski definition) is 5. The highest BCUT2D eigenvalue weighted by Gasteiger charge is 2.28. The fourth-order valence-corrected chi connectivity index (χ4v) is 5.40. The lowest BCUT2D eigenvalue weighted by Crippen LogP contribution is -2.32. The van der Waals surface area contributed by atoms with Crippen LogP contribution in [-0.2, 0) is 19.6 Å². The lowest BCUT2D eigenvalue weighted by atomic mass is 10.1. The molecule has 0 aromatic heterocycles. The molecule has 3 aromatic rings. The Morgan fingerprint density at radius 3 is 2.36 bits per heavy atom. The van der Waals surface area contributed by atoms with Crippen LogP contribution in [0.25, 0.3) is 0 Å². The molecule has 36 heavy (non-hydrogen) atoms. The van der Waals surface area contributed by atoms with Crippen molar-refractivity contribution >= 4 is 50.8 Å². The molecule has 1 unspecified atom stereocenters. The molecule has 1 amide bonds. The molecule has 7 nitrogen and oxygen atoms in total. The van der Waals surface area contributed by atoms with Gasteiger partial charge in [0.05, 0.1) is 28.9 Å². The molecule has 188 valence electrons. The van der Waals surface area contributed by atoms with Crippen LogP contribution in [0.1, 0.15) is 28.9 Å². The van der Waals surface area contributed by atoms with E-state index in [1.54, 1.807) is 31.2 Å². The molecule has 0 heterocycles. The Balaban J connectivity index is 1.76. The zero-order valence-electron chi connectivity index (χ0n) is 19.4. The van der Waals surface area contributed by atoms with Crippen LogP contribution in [0.2, 0.25) is 10.0 Å². The van der Waals surface area contributed by atoms with Crippen molar-refractivity contribution < 1.29 is 22.7 Å². The van der Waals surface area contributed by atoms with E-state index in [0.717, 1.165) is 15.9 Å². The highest BCUT2D eigenvalue weighted by atomic mass is 35.5. The maximum Gasteiger partial charge on any atom is 0.338 e. The number of benzene rings is 3. The molecule has 0 aliphatic rings. The normalized spacial score (nSPS) is 11.9. The van der Waals surface area contributed by atoms with Crippen LogP contribution in [0.5, 0.6) is 0 Å². The van der Waals surface area contributed by atoms with Crippen LogP contribution in [0.3, 0.4) is 0 Å². The number of sulfonamides is 1. The van der Waals surface area contributed by atoms with Gasteiger partial charge in [0.15, 0.2) is 6.61 Å². The summed E-state index contributed by atoms with van der Waals surface area (Å²) in [5.41, 5.74) is 1.17. The lowest BCUT2D eigenvalue weighted by molar-refractivity contribution is -0.124. The first-order valence-electron chi connectivity index (χ1n) is 10.8. The van der Waals surface area contributed by atoms with Crippen LogP contribution in [0, 0.1) is 0 Å². The summed E-state index contributed by atoms with van der Waals surface area (Å²) in [6, 6.07) is 19.0. The highest BCUT2D eigenvalue weighted by molar-refractivity contribution is 7.93. The topological polar surface area (TPSA) is 92.8 Å². The second-order valence-corrected chi connectivity index (χ2v) is 10.4. The maximum atomic E-state index is 13.5. The maximum absolute atomic E-state index is 13.5. The third-order valence-corrected chi connectivity index (χ3v) is 7.68. The summed E-state index contributed by atoms with van der Waals surface area (Å²) >= 11 is 12.1. The average Bonchev–Trinajstić information content (AvgIpc) is 2.87. The number of esters is 1. The van der Waals surface area contributed by atoms with Crippen LogP contribution < -0.4 is 9.62 Å². The Bertz CT molecular complexity index is 1350. The van der Waals surface area contributed by atoms with Gasteiger partial charge in [-0.1, -0.05) is 59.6 Å². The quantitative estimate of drug-likeness (QED) is 0.271. The Hall–Kier alpha value is -3.33. The molecule has 0 bridgehead atoms. The Labute approximate surface area is 220 Å². The number of carbonyl (C=O) groups excluding carboxylic acids is 2. The van der Waals surface area contributed by atoms with E-state index in [-0.39, 0.29) is 28.1 Å². The molecule has 1 N–H and O–H groups in total. The van der Waals surface area contributed by atoms with Crippen LogP contribution in [0.4, 0.5) is 5.69 Å². The van der Waals surface area contributed by atoms with Gasteiger partial charge in [-0.2, -0.15) is 0 Å². The van der Waals surface area contributed by atoms with E-state index in [1.807, 2.05) is 30.3 Å². The van der Waals surface area contributed by atoms with Gasteiger partial charge in [0, 0.05) is 5.02 Å². The summed E-state index contributed by atoms with van der Waals surface area (Å²) < 4.78 is 33.1. The van der Waals surface area contributed by atoms with E-state index in [1.165, 1.54) is 18.2 Å². The molecule has 0 radical (unpaired) electrons. The zero-order chi connectivity index (χ0) is 26.3. The number of ether oxygens (including phenoxy) is 1. The lowest BCUT2D eigenvalue weighted by Gasteiger charge is -2.24. The van der Waals surface area contributed by atoms with Crippen molar-refractivity contribution in [1.29, 1.82) is 0 Å². The summed E-state index contributed by atoms with van der Waals surface area (Å²) in [4.78, 5) is 24.6. The van der Waals surface area contributed by atoms with Crippen LogP contribution >= 0.6 is 23.2 Å². The number of nitrogens with one attached hydrogen (secondary N) is 1. The highest BCUT2D eigenvalue weighted by Crippen LogP contribution is 2.30. The number of halogens is 2. The zero-order valence-corrected chi connectivity index (χ0v) is 21.7. The monoisotopic (exact) mass is 546 g/mol. The molecule has 10 heteroatoms. The predicted molar refractivity (Wildman–Crippen MR) is 141 cm³/mol. The molecule has 1 atom stereocenters. The van der Waals surface area contributed by atoms with Crippen molar-refractivity contribution in [3.63, 3.8) is 0 Å². The minimum Gasteiger partial charge on any atom is -0.452 e. The van der Waals surface area contributed by atoms with Gasteiger partial charge in [0.2, 0.25) is 0 Å². The van der Waals surface area contributed by atoms with E-state index in [9.17, 15) is 18.0 Å². The third-order valence-electron chi connectivity index (χ3n) is 5.16. The largest absolute Gasteiger partial charge is 0.452 e. The molecule has 0 aliphatic heterocycles. The summed E-state index contributed by atoms with van der Waals surface area (Å²) in [5.74, 6) is -1.37. The van der Waals surface area contributed by atoms with Gasteiger partial charge in [-0.15, -0.1) is 6.58 Å². The summed E-state index contributed by atoms with van der Waals surface area (Å²) in [7, 11) is -4.19. The fraction of sp³-hybridized carbons (Fsp3) is 0.154. The molecule has 0 saturated heterocycles. The van der Waals surface area contributed by atoms with Gasteiger partial charge in [0.1, 0.15) is 4.90 Å². The van der Waals surface area contributed by atoms with Crippen molar-refractivity contribution in [2.24, 2.45) is 0 Å². The summed E-state index contributed by atoms with van der Waals surface area (Å²) in [5, 5.41) is 3.10. The minimum absolute atomic E-state index is 0.0469. The molecule has 0 spiro atoms. The van der Waals surface area contributed by atoms with E-state index in [0.29, 0.717) is 10.7 Å². The van der Waals surface area contributed by atoms with Crippen molar-refractivity contribution in [1.82, 2.24) is 5.32 Å². The second-order valence-electron chi connectivity index (χ2n) is 7.72. The molecular formula is C26H24Cl2N2O5S. The van der Waals surface area contributed by atoms with Crippen LogP contribution in [0.15, 0.2) is 90.3 Å². The molecule has 3 aromatic carbocycles. The Kier molecular flexibility index (Phi) is 9.14. The molecule has 0 saturated carbocycles. The first kappa shape index (κ1) is 27.3. The third kappa shape index (κ3) is 6.66. The Morgan fingerprint density at radius 2 is 1.72 bits per heavy atom. The Morgan fingerprint density at radius 1 is 1.06 bits per heavy atom. The van der Waals surface area contributed by atoms with E-state index < -0.39 is 28.5 Å². The fourth-order valence-electron chi connectivity index (χ4n) is 3.34. The van der Waals surface area contributed by atoms with E-state index in [4.69, 9.17) is 27.9 Å². The van der Waals surface area contributed by atoms with Crippen molar-refractivity contribution in [3.05, 3.63) is 107 Å². The average molecular weight is 547 g/mol. The van der Waals surface area contributed by atoms with Gasteiger partial charge in [0.25, 0.3) is 15.9 Å². The van der Waals surface area contributed by atoms with Crippen molar-refractivity contribution in [2.75, 3.05) is 17.5 Å². The van der Waals surface area contributed by atoms with E-state index >= 15 is 0 Å². The van der Waals surface area contributed by atoms with Gasteiger partial charge in [-0.05, 0) is 55.0 Å². The van der Waals surface area contributed by atoms with Gasteiger partial charge in [-0.25, -0.2) is 13.2 Å².